The quantitative estimate of drug-likeness (QED) is 0.237. The van der Waals surface area contributed by atoms with E-state index in [1.165, 1.54) is 14.2 Å². The van der Waals surface area contributed by atoms with Gasteiger partial charge in [-0.05, 0) is 40.1 Å². The summed E-state index contributed by atoms with van der Waals surface area (Å²) in [6.45, 7) is 0. The summed E-state index contributed by atoms with van der Waals surface area (Å²) >= 11 is 0. The van der Waals surface area contributed by atoms with E-state index in [-0.39, 0.29) is 11.8 Å². The van der Waals surface area contributed by atoms with Crippen LogP contribution in [0.4, 0.5) is 0 Å². The minimum absolute atomic E-state index is 0.277. The van der Waals surface area contributed by atoms with Gasteiger partial charge in [-0.15, -0.1) is 0 Å². The van der Waals surface area contributed by atoms with Gasteiger partial charge in [0.15, 0.2) is 5.84 Å². The number of ether oxygens (including phenoxy) is 1. The maximum Gasteiger partial charge on any atom is 0.354 e. The van der Waals surface area contributed by atoms with Crippen molar-refractivity contribution in [1.82, 2.24) is 4.57 Å². The van der Waals surface area contributed by atoms with Gasteiger partial charge in [-0.1, -0.05) is 47.6 Å². The summed E-state index contributed by atoms with van der Waals surface area (Å²) in [7, 11) is 4.72. The molecule has 0 fully saturated rings. The maximum atomic E-state index is 12.7. The topological polar surface area (TPSA) is 78.8 Å². The fraction of sp³-hybridized carbons (Fsp3) is 0.167. The molecule has 0 aliphatic rings. The van der Waals surface area contributed by atoms with Crippen molar-refractivity contribution in [3.8, 4) is 0 Å². The van der Waals surface area contributed by atoms with Crippen molar-refractivity contribution in [1.29, 1.82) is 0 Å². The number of fused-ring (bicyclic) bond motifs is 2. The van der Waals surface area contributed by atoms with Gasteiger partial charge in [0, 0.05) is 29.9 Å². The van der Waals surface area contributed by atoms with Crippen LogP contribution in [0.2, 0.25) is 0 Å². The second-order valence-corrected chi connectivity index (χ2v) is 7.08. The normalized spacial score (nSPS) is 11.8. The molecule has 0 bridgehead atoms. The van der Waals surface area contributed by atoms with Gasteiger partial charge in [0.2, 0.25) is 0 Å². The van der Waals surface area contributed by atoms with Gasteiger partial charge in [-0.25, -0.2) is 4.79 Å². The fourth-order valence-electron chi connectivity index (χ4n) is 4.00. The van der Waals surface area contributed by atoms with Crippen LogP contribution in [-0.4, -0.2) is 30.6 Å². The van der Waals surface area contributed by atoms with Crippen LogP contribution < -0.4 is 5.73 Å². The predicted molar refractivity (Wildman–Crippen MR) is 119 cm³/mol. The first kappa shape index (κ1) is 19.5. The SMILES string of the molecule is CO/N=C(\N)c1ccc2c(c1)c(Cc1cccc3ccccc13)c(C(=O)OC)n2C. The molecule has 6 heteroatoms. The number of amidine groups is 1. The Hall–Kier alpha value is -3.80. The monoisotopic (exact) mass is 401 g/mol. The van der Waals surface area contributed by atoms with E-state index >= 15 is 0 Å². The molecule has 0 atom stereocenters. The number of nitrogens with two attached hydrogens (primary N) is 1. The molecule has 0 amide bonds. The van der Waals surface area contributed by atoms with Crippen LogP contribution >= 0.6 is 0 Å². The molecule has 0 aliphatic carbocycles. The van der Waals surface area contributed by atoms with E-state index in [1.54, 1.807) is 0 Å². The number of rotatable bonds is 5. The number of hydrogen-bond donors (Lipinski definition) is 1. The number of methoxy groups -OCH3 is 1. The highest BCUT2D eigenvalue weighted by atomic mass is 16.6. The number of nitrogens with zero attached hydrogens (tertiary/aromatic N) is 2. The lowest BCUT2D eigenvalue weighted by Crippen LogP contribution is -2.13. The summed E-state index contributed by atoms with van der Waals surface area (Å²) in [5.74, 6) is -0.0944. The van der Waals surface area contributed by atoms with Crippen LogP contribution in [0.1, 0.15) is 27.2 Å². The number of carbonyl (C=O) groups excluding carboxylic acids is 1. The summed E-state index contributed by atoms with van der Waals surface area (Å²) < 4.78 is 6.97. The van der Waals surface area contributed by atoms with Crippen molar-refractivity contribution in [2.24, 2.45) is 17.9 Å². The number of benzene rings is 3. The summed E-state index contributed by atoms with van der Waals surface area (Å²) in [5, 5.41) is 7.08. The van der Waals surface area contributed by atoms with Crippen molar-refractivity contribution in [3.05, 3.63) is 83.0 Å². The highest BCUT2D eigenvalue weighted by molar-refractivity contribution is 6.04. The molecular formula is C24H23N3O3. The molecule has 4 rings (SSSR count). The Morgan fingerprint density at radius 2 is 1.80 bits per heavy atom. The van der Waals surface area contributed by atoms with Gasteiger partial charge in [0.25, 0.3) is 0 Å². The zero-order valence-electron chi connectivity index (χ0n) is 17.2. The molecule has 6 nitrogen and oxygen atoms in total. The molecule has 0 aliphatic heterocycles. The minimum Gasteiger partial charge on any atom is -0.464 e. The van der Waals surface area contributed by atoms with Crippen LogP contribution in [0.15, 0.2) is 65.8 Å². The number of aryl methyl sites for hydroxylation is 1. The van der Waals surface area contributed by atoms with E-state index in [0.717, 1.165) is 38.4 Å². The maximum absolute atomic E-state index is 12.7. The largest absolute Gasteiger partial charge is 0.464 e. The lowest BCUT2D eigenvalue weighted by molar-refractivity contribution is 0.0589. The number of aromatic nitrogens is 1. The summed E-state index contributed by atoms with van der Waals surface area (Å²) in [6, 6.07) is 20.2. The molecule has 1 aromatic heterocycles. The molecule has 0 spiro atoms. The van der Waals surface area contributed by atoms with Crippen molar-refractivity contribution < 1.29 is 14.4 Å². The predicted octanol–water partition coefficient (Wildman–Crippen LogP) is 3.98. The third-order valence-corrected chi connectivity index (χ3v) is 5.42. The smallest absolute Gasteiger partial charge is 0.354 e. The lowest BCUT2D eigenvalue weighted by atomic mass is 9.96. The first-order chi connectivity index (χ1) is 14.5. The Kier molecular flexibility index (Phi) is 5.14. The van der Waals surface area contributed by atoms with E-state index in [9.17, 15) is 4.79 Å². The molecule has 30 heavy (non-hydrogen) atoms. The Morgan fingerprint density at radius 3 is 2.57 bits per heavy atom. The number of hydrogen-bond acceptors (Lipinski definition) is 4. The highest BCUT2D eigenvalue weighted by Gasteiger charge is 2.23. The van der Waals surface area contributed by atoms with Crippen LogP contribution in [-0.2, 0) is 23.0 Å². The van der Waals surface area contributed by atoms with Crippen LogP contribution in [0.25, 0.3) is 21.7 Å². The van der Waals surface area contributed by atoms with Gasteiger partial charge in [0.1, 0.15) is 12.8 Å². The summed E-state index contributed by atoms with van der Waals surface area (Å²) in [6.07, 6.45) is 0.577. The van der Waals surface area contributed by atoms with Crippen molar-refractivity contribution in [3.63, 3.8) is 0 Å². The second kappa shape index (κ2) is 7.91. The van der Waals surface area contributed by atoms with E-state index in [4.69, 9.17) is 15.3 Å². The first-order valence-electron chi connectivity index (χ1n) is 9.58. The molecular weight excluding hydrogens is 378 g/mol. The van der Waals surface area contributed by atoms with E-state index in [1.807, 2.05) is 48.0 Å². The molecule has 152 valence electrons. The minimum atomic E-state index is -0.371. The molecule has 0 saturated carbocycles. The number of carbonyl (C=O) groups is 1. The molecule has 3 aromatic carbocycles. The van der Waals surface area contributed by atoms with E-state index in [0.29, 0.717) is 12.1 Å². The van der Waals surface area contributed by atoms with Gasteiger partial charge in [-0.3, -0.25) is 0 Å². The Bertz CT molecular complexity index is 1280. The lowest BCUT2D eigenvalue weighted by Gasteiger charge is -2.09. The number of esters is 1. The van der Waals surface area contributed by atoms with Gasteiger partial charge >= 0.3 is 5.97 Å². The zero-order valence-corrected chi connectivity index (χ0v) is 17.2. The highest BCUT2D eigenvalue weighted by Crippen LogP contribution is 2.31. The molecule has 0 saturated heterocycles. The van der Waals surface area contributed by atoms with Gasteiger partial charge < -0.3 is 19.9 Å². The average Bonchev–Trinajstić information content (AvgIpc) is 3.04. The Balaban J connectivity index is 1.96. The molecule has 2 N–H and O–H groups in total. The van der Waals surface area contributed by atoms with Gasteiger partial charge in [0.05, 0.1) is 7.11 Å². The van der Waals surface area contributed by atoms with E-state index in [2.05, 4.69) is 29.4 Å². The summed E-state index contributed by atoms with van der Waals surface area (Å²) in [5.41, 5.74) is 10.2. The molecule has 1 heterocycles. The standard InChI is InChI=1S/C24H23N3O3/c1-27-21-12-11-17(23(25)26-30-3)14-19(21)20(22(27)24(28)29-2)13-16-9-6-8-15-7-4-5-10-18(15)16/h4-12,14H,13H2,1-3H3,(H2,25,26). The number of oxime groups is 1. The van der Waals surface area contributed by atoms with Crippen LogP contribution in [0.3, 0.4) is 0 Å². The van der Waals surface area contributed by atoms with Gasteiger partial charge in [-0.2, -0.15) is 0 Å². The fourth-order valence-corrected chi connectivity index (χ4v) is 4.00. The third kappa shape index (κ3) is 3.26. The second-order valence-electron chi connectivity index (χ2n) is 7.08. The first-order valence-corrected chi connectivity index (χ1v) is 9.58. The van der Waals surface area contributed by atoms with E-state index < -0.39 is 0 Å². The Morgan fingerprint density at radius 1 is 1.03 bits per heavy atom. The summed E-state index contributed by atoms with van der Waals surface area (Å²) in [4.78, 5) is 17.5. The van der Waals surface area contributed by atoms with Crippen molar-refractivity contribution in [2.75, 3.05) is 14.2 Å². The Labute approximate surface area is 174 Å². The van der Waals surface area contributed by atoms with Crippen molar-refractivity contribution >= 4 is 33.5 Å². The third-order valence-electron chi connectivity index (χ3n) is 5.42. The average molecular weight is 401 g/mol. The molecule has 0 radical (unpaired) electrons. The van der Waals surface area contributed by atoms with Crippen LogP contribution in [0, 0.1) is 0 Å². The van der Waals surface area contributed by atoms with Crippen molar-refractivity contribution in [2.45, 2.75) is 6.42 Å². The van der Waals surface area contributed by atoms with Crippen LogP contribution in [0.5, 0.6) is 0 Å². The molecule has 0 unspecified atom stereocenters. The zero-order chi connectivity index (χ0) is 21.3. The molecule has 4 aromatic rings.